The van der Waals surface area contributed by atoms with Crippen molar-refractivity contribution in [1.29, 1.82) is 0 Å². The van der Waals surface area contributed by atoms with E-state index in [0.717, 1.165) is 0 Å². The van der Waals surface area contributed by atoms with Crippen molar-refractivity contribution in [3.05, 3.63) is 0 Å². The van der Waals surface area contributed by atoms with Gasteiger partial charge in [-0.3, -0.25) is 9.23 Å². The van der Waals surface area contributed by atoms with Crippen LogP contribution < -0.4 is 10.8 Å². The van der Waals surface area contributed by atoms with E-state index in [1.807, 2.05) is 5.48 Å². The van der Waals surface area contributed by atoms with Crippen LogP contribution in [0.25, 0.3) is 0 Å². The van der Waals surface area contributed by atoms with Crippen LogP contribution in [0.5, 0.6) is 0 Å². The molecule has 5 heteroatoms. The van der Waals surface area contributed by atoms with Gasteiger partial charge in [0.1, 0.15) is 0 Å². The largest absolute Gasteiger partial charge is 0.338 e. The lowest BCUT2D eigenvalue weighted by atomic mass is 10.5. The highest BCUT2D eigenvalue weighted by Crippen LogP contribution is 1.76. The van der Waals surface area contributed by atoms with Crippen molar-refractivity contribution in [2.24, 2.45) is 0 Å². The first-order valence-electron chi connectivity index (χ1n) is 2.94. The van der Waals surface area contributed by atoms with E-state index in [-0.39, 0.29) is 0 Å². The Kier molecular flexibility index (Phi) is 5.75. The fourth-order valence-electron chi connectivity index (χ4n) is 0.398. The maximum Gasteiger partial charge on any atom is 0.338 e. The third-order valence-corrected chi connectivity index (χ3v) is 0.791. The molecule has 0 heterocycles. The molecule has 0 saturated carbocycles. The molecule has 0 rings (SSSR count). The van der Waals surface area contributed by atoms with Crippen LogP contribution in [0.3, 0.4) is 0 Å². The van der Waals surface area contributed by atoms with Crippen molar-refractivity contribution >= 4 is 6.03 Å². The molecule has 60 valence electrons. The summed E-state index contributed by atoms with van der Waals surface area (Å²) in [5.74, 6) is 0. The molecule has 2 N–H and O–H groups in total. The van der Waals surface area contributed by atoms with Crippen LogP contribution in [-0.4, -0.2) is 26.4 Å². The molecule has 0 fully saturated rings. The van der Waals surface area contributed by atoms with Crippen molar-refractivity contribution in [1.82, 2.24) is 10.8 Å². The minimum absolute atomic E-state index is 0.325. The standard InChI is InChI=1S/C5H11FN2O2/c1-10-8-5(9)7-4-2-3-6/h2-4H2,1H3,(H2,7,8,9). The van der Waals surface area contributed by atoms with Crippen LogP contribution in [0.4, 0.5) is 9.18 Å². The average Bonchev–Trinajstić information content (AvgIpc) is 1.89. The van der Waals surface area contributed by atoms with Gasteiger partial charge in [-0.25, -0.2) is 10.3 Å². The number of carbonyl (C=O) groups excluding carboxylic acids is 1. The van der Waals surface area contributed by atoms with Crippen LogP contribution in [0.1, 0.15) is 6.42 Å². The Hall–Kier alpha value is -0.840. The number of rotatable bonds is 4. The van der Waals surface area contributed by atoms with Gasteiger partial charge in [-0.1, -0.05) is 0 Å². The van der Waals surface area contributed by atoms with Crippen molar-refractivity contribution in [2.75, 3.05) is 20.3 Å². The lowest BCUT2D eigenvalue weighted by molar-refractivity contribution is 0.107. The van der Waals surface area contributed by atoms with Gasteiger partial charge in [0, 0.05) is 6.54 Å². The van der Waals surface area contributed by atoms with Crippen LogP contribution >= 0.6 is 0 Å². The van der Waals surface area contributed by atoms with Crippen molar-refractivity contribution < 1.29 is 14.0 Å². The lowest BCUT2D eigenvalue weighted by Gasteiger charge is -2.02. The Morgan fingerprint density at radius 1 is 1.70 bits per heavy atom. The SMILES string of the molecule is CONC(=O)NCCCF. The molecular weight excluding hydrogens is 139 g/mol. The van der Waals surface area contributed by atoms with Gasteiger partial charge in [-0.05, 0) is 6.42 Å². The van der Waals surface area contributed by atoms with E-state index in [9.17, 15) is 9.18 Å². The maximum absolute atomic E-state index is 11.4. The monoisotopic (exact) mass is 150 g/mol. The first-order valence-corrected chi connectivity index (χ1v) is 2.94. The highest BCUT2D eigenvalue weighted by atomic mass is 19.1. The van der Waals surface area contributed by atoms with E-state index in [4.69, 9.17) is 0 Å². The van der Waals surface area contributed by atoms with Crippen LogP contribution in [0, 0.1) is 0 Å². The van der Waals surface area contributed by atoms with Gasteiger partial charge in [0.15, 0.2) is 0 Å². The zero-order valence-electron chi connectivity index (χ0n) is 5.82. The van der Waals surface area contributed by atoms with Gasteiger partial charge in [0.05, 0.1) is 13.8 Å². The molecule has 0 bridgehead atoms. The molecule has 0 aliphatic carbocycles. The number of amides is 2. The smallest absolute Gasteiger partial charge is 0.336 e. The molecule has 10 heavy (non-hydrogen) atoms. The quantitative estimate of drug-likeness (QED) is 0.444. The summed E-state index contributed by atoms with van der Waals surface area (Å²) >= 11 is 0. The number of carbonyl (C=O) groups is 1. The molecule has 0 spiro atoms. The molecule has 0 aromatic rings. The Balaban J connectivity index is 3.05. The molecule has 0 atom stereocenters. The molecule has 0 aliphatic heterocycles. The fraction of sp³-hybridized carbons (Fsp3) is 0.800. The Morgan fingerprint density at radius 3 is 2.90 bits per heavy atom. The van der Waals surface area contributed by atoms with Crippen molar-refractivity contribution in [3.8, 4) is 0 Å². The predicted octanol–water partition coefficient (Wildman–Crippen LogP) is 0.207. The first kappa shape index (κ1) is 9.16. The molecule has 2 amide bonds. The van der Waals surface area contributed by atoms with Crippen LogP contribution in [-0.2, 0) is 4.84 Å². The van der Waals surface area contributed by atoms with Gasteiger partial charge >= 0.3 is 6.03 Å². The summed E-state index contributed by atoms with van der Waals surface area (Å²) in [7, 11) is 1.33. The topological polar surface area (TPSA) is 50.4 Å². The molecular formula is C5H11FN2O2. The second-order valence-corrected chi connectivity index (χ2v) is 1.60. The highest BCUT2D eigenvalue weighted by molar-refractivity contribution is 5.72. The molecule has 0 unspecified atom stereocenters. The summed E-state index contributed by atoms with van der Waals surface area (Å²) in [5.41, 5.74) is 2.03. The maximum atomic E-state index is 11.4. The van der Waals surface area contributed by atoms with E-state index < -0.39 is 12.7 Å². The summed E-state index contributed by atoms with van der Waals surface area (Å²) in [6, 6.07) is -0.448. The number of alkyl halides is 1. The summed E-state index contributed by atoms with van der Waals surface area (Å²) in [4.78, 5) is 14.7. The number of hydrogen-bond acceptors (Lipinski definition) is 2. The van der Waals surface area contributed by atoms with E-state index >= 15 is 0 Å². The fourth-order valence-corrected chi connectivity index (χ4v) is 0.398. The normalized spacial score (nSPS) is 9.00. The van der Waals surface area contributed by atoms with Crippen LogP contribution in [0.15, 0.2) is 0 Å². The number of nitrogens with one attached hydrogen (secondary N) is 2. The molecule has 0 aromatic carbocycles. The third-order valence-electron chi connectivity index (χ3n) is 0.791. The van der Waals surface area contributed by atoms with E-state index in [1.54, 1.807) is 0 Å². The Morgan fingerprint density at radius 2 is 2.40 bits per heavy atom. The molecule has 0 aromatic heterocycles. The minimum Gasteiger partial charge on any atom is -0.336 e. The van der Waals surface area contributed by atoms with Gasteiger partial charge in [0.25, 0.3) is 0 Å². The highest BCUT2D eigenvalue weighted by Gasteiger charge is 1.94. The molecule has 0 aliphatic rings. The van der Waals surface area contributed by atoms with Gasteiger partial charge in [-0.2, -0.15) is 0 Å². The third kappa shape index (κ3) is 5.30. The first-order chi connectivity index (χ1) is 4.81. The predicted molar refractivity (Wildman–Crippen MR) is 34.1 cm³/mol. The summed E-state index contributed by atoms with van der Waals surface area (Å²) in [6.45, 7) is -0.0983. The van der Waals surface area contributed by atoms with E-state index in [1.165, 1.54) is 7.11 Å². The van der Waals surface area contributed by atoms with E-state index in [0.29, 0.717) is 13.0 Å². The average molecular weight is 150 g/mol. The zero-order valence-corrected chi connectivity index (χ0v) is 5.82. The molecule has 0 radical (unpaired) electrons. The zero-order chi connectivity index (χ0) is 7.82. The number of urea groups is 1. The molecule has 4 nitrogen and oxygen atoms in total. The summed E-state index contributed by atoms with van der Waals surface area (Å²) in [5, 5.41) is 2.37. The molecule has 0 saturated heterocycles. The number of hydrogen-bond donors (Lipinski definition) is 2. The number of halogens is 1. The van der Waals surface area contributed by atoms with Gasteiger partial charge < -0.3 is 5.32 Å². The summed E-state index contributed by atoms with van der Waals surface area (Å²) < 4.78 is 11.4. The van der Waals surface area contributed by atoms with Gasteiger partial charge in [0.2, 0.25) is 0 Å². The Labute approximate surface area is 58.7 Å². The van der Waals surface area contributed by atoms with Crippen molar-refractivity contribution in [2.45, 2.75) is 6.42 Å². The lowest BCUT2D eigenvalue weighted by Crippen LogP contribution is -2.35. The van der Waals surface area contributed by atoms with Crippen molar-refractivity contribution in [3.63, 3.8) is 0 Å². The summed E-state index contributed by atoms with van der Waals surface area (Å²) in [6.07, 6.45) is 0.330. The minimum atomic E-state index is -0.448. The number of hydroxylamine groups is 1. The van der Waals surface area contributed by atoms with Crippen LogP contribution in [0.2, 0.25) is 0 Å². The Bertz CT molecular complexity index is 99.6. The van der Waals surface area contributed by atoms with E-state index in [2.05, 4.69) is 10.2 Å². The van der Waals surface area contributed by atoms with Gasteiger partial charge in [-0.15, -0.1) is 0 Å². The second-order valence-electron chi connectivity index (χ2n) is 1.60. The second kappa shape index (κ2) is 6.28.